The Labute approximate surface area is 105 Å². The maximum Gasteiger partial charge on any atom is 0.241 e. The molecule has 18 heavy (non-hydrogen) atoms. The number of hydrogen-bond donors (Lipinski definition) is 2. The molecule has 3 rings (SSSR count). The summed E-state index contributed by atoms with van der Waals surface area (Å²) in [5.74, 6) is 4.80. The van der Waals surface area contributed by atoms with Gasteiger partial charge in [-0.2, -0.15) is 0 Å². The van der Waals surface area contributed by atoms with Gasteiger partial charge in [0.05, 0.1) is 5.92 Å². The van der Waals surface area contributed by atoms with Crippen molar-refractivity contribution in [3.63, 3.8) is 0 Å². The lowest BCUT2D eigenvalue weighted by atomic mass is 9.98. The molecule has 3 N–H and O–H groups in total. The fourth-order valence-corrected chi connectivity index (χ4v) is 2.50. The van der Waals surface area contributed by atoms with E-state index in [9.17, 15) is 4.79 Å². The van der Waals surface area contributed by atoms with Crippen molar-refractivity contribution in [2.75, 3.05) is 0 Å². The summed E-state index contributed by atoms with van der Waals surface area (Å²) < 4.78 is 0. The summed E-state index contributed by atoms with van der Waals surface area (Å²) in [6.45, 7) is 1.87. The molecule has 1 atom stereocenters. The molecule has 0 saturated carbocycles. The standard InChI is InChI=1S/C15H14N2O/c1-9(15(18)17-16)13-6-5-12-7-10-3-2-4-11(10)8-14(12)13/h2-9H,16H2,1H3,(H,17,18). The quantitative estimate of drug-likeness (QED) is 0.442. The Kier molecular flexibility index (Phi) is 2.42. The molecule has 0 heterocycles. The van der Waals surface area contributed by atoms with Crippen LogP contribution in [0.4, 0.5) is 0 Å². The Hall–Kier alpha value is -2.13. The van der Waals surface area contributed by atoms with Crippen molar-refractivity contribution < 1.29 is 4.79 Å². The zero-order valence-corrected chi connectivity index (χ0v) is 10.1. The number of carbonyl (C=O) groups is 1. The lowest BCUT2D eigenvalue weighted by Gasteiger charge is -2.09. The number of rotatable bonds is 2. The summed E-state index contributed by atoms with van der Waals surface area (Å²) in [4.78, 5) is 11.6. The monoisotopic (exact) mass is 238 g/mol. The van der Waals surface area contributed by atoms with E-state index in [2.05, 4.69) is 35.8 Å². The summed E-state index contributed by atoms with van der Waals surface area (Å²) in [6, 6.07) is 4.29. The van der Waals surface area contributed by atoms with Gasteiger partial charge in [0.1, 0.15) is 0 Å². The summed E-state index contributed by atoms with van der Waals surface area (Å²) in [5, 5.41) is 2.36. The molecule has 0 fully saturated rings. The van der Waals surface area contributed by atoms with Crippen LogP contribution >= 0.6 is 0 Å². The molecular weight excluding hydrogens is 224 g/mol. The van der Waals surface area contributed by atoms with E-state index in [0.29, 0.717) is 0 Å². The molecule has 1 unspecified atom stereocenters. The van der Waals surface area contributed by atoms with Gasteiger partial charge in [0, 0.05) is 0 Å². The highest BCUT2D eigenvalue weighted by Gasteiger charge is 2.19. The first-order valence-electron chi connectivity index (χ1n) is 5.96. The Bertz CT molecular complexity index is 711. The van der Waals surface area contributed by atoms with E-state index in [1.165, 1.54) is 16.3 Å². The van der Waals surface area contributed by atoms with Crippen LogP contribution in [0.5, 0.6) is 0 Å². The largest absolute Gasteiger partial charge is 0.294 e. The number of carbonyl (C=O) groups excluding carboxylic acids is 1. The molecule has 0 aliphatic heterocycles. The van der Waals surface area contributed by atoms with E-state index in [1.54, 1.807) is 0 Å². The van der Waals surface area contributed by atoms with Crippen LogP contribution in [-0.4, -0.2) is 5.91 Å². The topological polar surface area (TPSA) is 55.1 Å². The number of hydrazine groups is 1. The Morgan fingerprint density at radius 1 is 1.22 bits per heavy atom. The molecular formula is C15H14N2O. The molecule has 0 spiro atoms. The second-order valence-electron chi connectivity index (χ2n) is 4.61. The first-order valence-corrected chi connectivity index (χ1v) is 5.96. The minimum Gasteiger partial charge on any atom is -0.294 e. The molecule has 1 aromatic rings. The van der Waals surface area contributed by atoms with Crippen molar-refractivity contribution in [2.24, 2.45) is 11.8 Å². The first-order chi connectivity index (χ1) is 8.70. The minimum atomic E-state index is -0.236. The third kappa shape index (κ3) is 1.52. The van der Waals surface area contributed by atoms with Crippen molar-refractivity contribution in [1.82, 2.24) is 5.43 Å². The third-order valence-corrected chi connectivity index (χ3v) is 3.56. The average Bonchev–Trinajstić information content (AvgIpc) is 2.99. The molecule has 0 aromatic heterocycles. The van der Waals surface area contributed by atoms with Crippen molar-refractivity contribution in [2.45, 2.75) is 6.92 Å². The second-order valence-corrected chi connectivity index (χ2v) is 4.61. The Morgan fingerprint density at radius 3 is 2.83 bits per heavy atom. The van der Waals surface area contributed by atoms with Gasteiger partial charge in [0.2, 0.25) is 5.91 Å². The second kappa shape index (κ2) is 3.96. The van der Waals surface area contributed by atoms with Crippen LogP contribution in [0.1, 0.15) is 18.1 Å². The number of hydrogen-bond acceptors (Lipinski definition) is 2. The van der Waals surface area contributed by atoms with E-state index in [0.717, 1.165) is 10.8 Å². The van der Waals surface area contributed by atoms with E-state index >= 15 is 0 Å². The lowest BCUT2D eigenvalue weighted by molar-refractivity contribution is -0.122. The minimum absolute atomic E-state index is 0.162. The predicted octanol–water partition coefficient (Wildman–Crippen LogP) is 0.297. The van der Waals surface area contributed by atoms with Gasteiger partial charge in [0.15, 0.2) is 0 Å². The molecule has 3 heteroatoms. The van der Waals surface area contributed by atoms with Gasteiger partial charge >= 0.3 is 0 Å². The Balaban J connectivity index is 2.19. The molecule has 0 bridgehead atoms. The fraction of sp³-hybridized carbons (Fsp3) is 0.133. The van der Waals surface area contributed by atoms with Gasteiger partial charge < -0.3 is 0 Å². The highest BCUT2D eigenvalue weighted by Crippen LogP contribution is 2.19. The number of nitrogens with one attached hydrogen (secondary N) is 1. The SMILES string of the molecule is CC(C(=O)NN)C1=c2cc3c(cc2C=C1)=CC=C3. The van der Waals surface area contributed by atoms with Crippen molar-refractivity contribution in [3.05, 3.63) is 45.8 Å². The molecule has 0 radical (unpaired) electrons. The summed E-state index contributed by atoms with van der Waals surface area (Å²) in [5.41, 5.74) is 5.61. The van der Waals surface area contributed by atoms with Crippen LogP contribution in [0.25, 0.3) is 23.8 Å². The van der Waals surface area contributed by atoms with Crippen LogP contribution < -0.4 is 21.7 Å². The van der Waals surface area contributed by atoms with Crippen LogP contribution in [-0.2, 0) is 4.79 Å². The molecule has 2 aliphatic carbocycles. The number of allylic oxidation sites excluding steroid dienone is 2. The van der Waals surface area contributed by atoms with Gasteiger partial charge in [0.25, 0.3) is 0 Å². The van der Waals surface area contributed by atoms with Gasteiger partial charge in [-0.05, 0) is 46.2 Å². The Morgan fingerprint density at radius 2 is 2.06 bits per heavy atom. The first kappa shape index (κ1) is 11.0. The molecule has 90 valence electrons. The van der Waals surface area contributed by atoms with Crippen LogP contribution in [0.15, 0.2) is 24.3 Å². The number of nitrogens with two attached hydrogens (primary N) is 1. The van der Waals surface area contributed by atoms with Crippen molar-refractivity contribution >= 4 is 29.7 Å². The molecule has 0 saturated heterocycles. The average molecular weight is 238 g/mol. The molecule has 1 amide bonds. The smallest absolute Gasteiger partial charge is 0.241 e. The van der Waals surface area contributed by atoms with Crippen LogP contribution in [0.2, 0.25) is 0 Å². The molecule has 3 nitrogen and oxygen atoms in total. The van der Waals surface area contributed by atoms with E-state index < -0.39 is 0 Å². The summed E-state index contributed by atoms with van der Waals surface area (Å²) in [7, 11) is 0. The number of benzene rings is 1. The number of fused-ring (bicyclic) bond motifs is 2. The van der Waals surface area contributed by atoms with Gasteiger partial charge in [-0.15, -0.1) is 0 Å². The van der Waals surface area contributed by atoms with Crippen molar-refractivity contribution in [3.8, 4) is 0 Å². The van der Waals surface area contributed by atoms with E-state index in [-0.39, 0.29) is 11.8 Å². The highest BCUT2D eigenvalue weighted by molar-refractivity contribution is 5.93. The van der Waals surface area contributed by atoms with Crippen LogP contribution in [0, 0.1) is 5.92 Å². The molecule has 1 aromatic carbocycles. The predicted molar refractivity (Wildman–Crippen MR) is 73.1 cm³/mol. The molecule has 2 aliphatic rings. The van der Waals surface area contributed by atoms with Gasteiger partial charge in [-0.1, -0.05) is 30.4 Å². The van der Waals surface area contributed by atoms with Crippen LogP contribution in [0.3, 0.4) is 0 Å². The van der Waals surface area contributed by atoms with E-state index in [1.807, 2.05) is 19.1 Å². The maximum atomic E-state index is 11.6. The van der Waals surface area contributed by atoms with E-state index in [4.69, 9.17) is 5.84 Å². The highest BCUT2D eigenvalue weighted by atomic mass is 16.2. The van der Waals surface area contributed by atoms with Gasteiger partial charge in [-0.25, -0.2) is 5.84 Å². The van der Waals surface area contributed by atoms with Gasteiger partial charge in [-0.3, -0.25) is 10.2 Å². The summed E-state index contributed by atoms with van der Waals surface area (Å²) >= 11 is 0. The number of amides is 1. The zero-order chi connectivity index (χ0) is 12.7. The van der Waals surface area contributed by atoms with Crippen molar-refractivity contribution in [1.29, 1.82) is 0 Å². The lowest BCUT2D eigenvalue weighted by Crippen LogP contribution is -2.36. The maximum absolute atomic E-state index is 11.6. The summed E-state index contributed by atoms with van der Waals surface area (Å²) in [6.07, 6.45) is 10.3. The third-order valence-electron chi connectivity index (χ3n) is 3.56. The fourth-order valence-electron chi connectivity index (χ4n) is 2.50. The zero-order valence-electron chi connectivity index (χ0n) is 10.1. The normalized spacial score (nSPS) is 16.2.